The number of anilines is 1. The molecule has 0 aliphatic carbocycles. The van der Waals surface area contributed by atoms with Crippen LogP contribution >= 0.6 is 0 Å². The van der Waals surface area contributed by atoms with Gasteiger partial charge in [0.2, 0.25) is 0 Å². The van der Waals surface area contributed by atoms with Crippen LogP contribution in [0.25, 0.3) is 0 Å². The highest BCUT2D eigenvalue weighted by Gasteiger charge is 2.12. The first-order chi connectivity index (χ1) is 13.0. The maximum absolute atomic E-state index is 13.1. The summed E-state index contributed by atoms with van der Waals surface area (Å²) in [6, 6.07) is 10.6. The molecule has 2 aromatic carbocycles. The van der Waals surface area contributed by atoms with Crippen LogP contribution < -0.4 is 14.8 Å². The van der Waals surface area contributed by atoms with E-state index in [4.69, 9.17) is 14.2 Å². The van der Waals surface area contributed by atoms with Crippen LogP contribution in [-0.4, -0.2) is 31.7 Å². The Labute approximate surface area is 157 Å². The molecule has 6 nitrogen and oxygen atoms in total. The Morgan fingerprint density at radius 3 is 2.44 bits per heavy atom. The summed E-state index contributed by atoms with van der Waals surface area (Å²) in [6.07, 6.45) is -0.0142. The molecule has 0 aromatic heterocycles. The molecule has 0 aliphatic rings. The van der Waals surface area contributed by atoms with E-state index >= 15 is 0 Å². The van der Waals surface area contributed by atoms with Crippen molar-refractivity contribution in [2.45, 2.75) is 20.3 Å². The van der Waals surface area contributed by atoms with Crippen LogP contribution in [0.3, 0.4) is 0 Å². The van der Waals surface area contributed by atoms with Gasteiger partial charge in [-0.3, -0.25) is 9.59 Å². The molecule has 0 radical (unpaired) electrons. The summed E-state index contributed by atoms with van der Waals surface area (Å²) in [5, 5.41) is 2.46. The lowest BCUT2D eigenvalue weighted by molar-refractivity contribution is -0.146. The summed E-state index contributed by atoms with van der Waals surface area (Å²) < 4.78 is 29.0. The molecular weight excluding hydrogens is 353 g/mol. The van der Waals surface area contributed by atoms with Crippen molar-refractivity contribution < 1.29 is 28.2 Å². The van der Waals surface area contributed by atoms with Gasteiger partial charge in [0, 0.05) is 5.69 Å². The maximum atomic E-state index is 13.1. The van der Waals surface area contributed by atoms with E-state index in [1.54, 1.807) is 18.2 Å². The molecule has 0 unspecified atom stereocenters. The van der Waals surface area contributed by atoms with Gasteiger partial charge in [0.05, 0.1) is 19.6 Å². The normalized spacial score (nSPS) is 10.2. The van der Waals surface area contributed by atoms with Gasteiger partial charge in [-0.2, -0.15) is 0 Å². The van der Waals surface area contributed by atoms with Crippen LogP contribution in [0, 0.1) is 5.82 Å². The lowest BCUT2D eigenvalue weighted by Gasteiger charge is -2.12. The molecule has 1 amide bonds. The maximum Gasteiger partial charge on any atom is 0.310 e. The SMILES string of the molecule is CCOc1ccc(CC(=O)OCC(=O)Nc2cccc(F)c2)cc1OCC. The molecule has 0 saturated heterocycles. The average Bonchev–Trinajstić information content (AvgIpc) is 2.62. The zero-order valence-electron chi connectivity index (χ0n) is 15.3. The number of hydrogen-bond donors (Lipinski definition) is 1. The molecule has 1 N–H and O–H groups in total. The zero-order chi connectivity index (χ0) is 19.6. The van der Waals surface area contributed by atoms with Crippen LogP contribution in [-0.2, 0) is 20.7 Å². The van der Waals surface area contributed by atoms with Crippen LogP contribution in [0.5, 0.6) is 11.5 Å². The summed E-state index contributed by atoms with van der Waals surface area (Å²) in [4.78, 5) is 23.8. The van der Waals surface area contributed by atoms with E-state index in [0.29, 0.717) is 36.0 Å². The van der Waals surface area contributed by atoms with Crippen LogP contribution in [0.2, 0.25) is 0 Å². The highest BCUT2D eigenvalue weighted by Crippen LogP contribution is 2.28. The van der Waals surface area contributed by atoms with Gasteiger partial charge in [-0.05, 0) is 49.7 Å². The highest BCUT2D eigenvalue weighted by atomic mass is 19.1. The second-order valence-corrected chi connectivity index (χ2v) is 5.54. The minimum absolute atomic E-state index is 0.0142. The quantitative estimate of drug-likeness (QED) is 0.681. The van der Waals surface area contributed by atoms with Crippen molar-refractivity contribution in [2.75, 3.05) is 25.1 Å². The number of halogens is 1. The van der Waals surface area contributed by atoms with Crippen molar-refractivity contribution >= 4 is 17.6 Å². The predicted molar refractivity (Wildman–Crippen MR) is 98.5 cm³/mol. The lowest BCUT2D eigenvalue weighted by Crippen LogP contribution is -2.21. The third-order valence-corrected chi connectivity index (χ3v) is 3.43. The van der Waals surface area contributed by atoms with Gasteiger partial charge in [-0.25, -0.2) is 4.39 Å². The first-order valence-electron chi connectivity index (χ1n) is 8.61. The summed E-state index contributed by atoms with van der Waals surface area (Å²) >= 11 is 0. The number of carbonyl (C=O) groups excluding carboxylic acids is 2. The topological polar surface area (TPSA) is 73.9 Å². The number of hydrogen-bond acceptors (Lipinski definition) is 5. The van der Waals surface area contributed by atoms with Crippen LogP contribution in [0.1, 0.15) is 19.4 Å². The van der Waals surface area contributed by atoms with Crippen molar-refractivity contribution in [2.24, 2.45) is 0 Å². The van der Waals surface area contributed by atoms with Crippen molar-refractivity contribution in [3.63, 3.8) is 0 Å². The molecule has 2 aromatic rings. The van der Waals surface area contributed by atoms with Gasteiger partial charge >= 0.3 is 5.97 Å². The number of benzene rings is 2. The summed E-state index contributed by atoms with van der Waals surface area (Å²) in [6.45, 7) is 4.24. The molecule has 0 fully saturated rings. The molecule has 7 heteroatoms. The molecular formula is C20H22FNO5. The Bertz CT molecular complexity index is 794. The van der Waals surface area contributed by atoms with Gasteiger partial charge in [-0.15, -0.1) is 0 Å². The number of carbonyl (C=O) groups is 2. The fourth-order valence-corrected chi connectivity index (χ4v) is 2.33. The molecule has 144 valence electrons. The van der Waals surface area contributed by atoms with E-state index in [9.17, 15) is 14.0 Å². The lowest BCUT2D eigenvalue weighted by atomic mass is 10.1. The van der Waals surface area contributed by atoms with Gasteiger partial charge < -0.3 is 19.5 Å². The van der Waals surface area contributed by atoms with Gasteiger partial charge in [0.1, 0.15) is 5.82 Å². The molecule has 0 heterocycles. The van der Waals surface area contributed by atoms with Crippen molar-refractivity contribution in [1.29, 1.82) is 0 Å². The molecule has 0 atom stereocenters. The number of esters is 1. The Kier molecular flexibility index (Phi) is 7.61. The highest BCUT2D eigenvalue weighted by molar-refractivity contribution is 5.92. The number of amides is 1. The Morgan fingerprint density at radius 1 is 1.00 bits per heavy atom. The number of rotatable bonds is 9. The zero-order valence-corrected chi connectivity index (χ0v) is 15.3. The van der Waals surface area contributed by atoms with Crippen LogP contribution in [0.15, 0.2) is 42.5 Å². The Hall–Kier alpha value is -3.09. The third kappa shape index (κ3) is 6.62. The first kappa shape index (κ1) is 20.2. The second-order valence-electron chi connectivity index (χ2n) is 5.54. The summed E-state index contributed by atoms with van der Waals surface area (Å²) in [7, 11) is 0. The minimum atomic E-state index is -0.559. The second kappa shape index (κ2) is 10.2. The third-order valence-electron chi connectivity index (χ3n) is 3.43. The largest absolute Gasteiger partial charge is 0.490 e. The van der Waals surface area contributed by atoms with E-state index in [0.717, 1.165) is 0 Å². The Balaban J connectivity index is 1.87. The first-order valence-corrected chi connectivity index (χ1v) is 8.61. The molecule has 0 aliphatic heterocycles. The van der Waals surface area contributed by atoms with Gasteiger partial charge in [0.25, 0.3) is 5.91 Å². The van der Waals surface area contributed by atoms with Gasteiger partial charge in [-0.1, -0.05) is 12.1 Å². The van der Waals surface area contributed by atoms with Crippen molar-refractivity contribution in [3.05, 3.63) is 53.8 Å². The minimum Gasteiger partial charge on any atom is -0.490 e. The number of ether oxygens (including phenoxy) is 3. The predicted octanol–water partition coefficient (Wildman–Crippen LogP) is 3.35. The monoisotopic (exact) mass is 375 g/mol. The molecule has 2 rings (SSSR count). The van der Waals surface area contributed by atoms with E-state index < -0.39 is 24.3 Å². The standard InChI is InChI=1S/C20H22FNO5/c1-3-25-17-9-8-14(10-18(17)26-4-2)11-20(24)27-13-19(23)22-16-7-5-6-15(21)12-16/h5-10,12H,3-4,11,13H2,1-2H3,(H,22,23). The molecule has 0 bridgehead atoms. The molecule has 27 heavy (non-hydrogen) atoms. The average molecular weight is 375 g/mol. The Morgan fingerprint density at radius 2 is 1.74 bits per heavy atom. The molecule has 0 spiro atoms. The molecule has 0 saturated carbocycles. The van der Waals surface area contributed by atoms with E-state index in [2.05, 4.69) is 5.32 Å². The fraction of sp³-hybridized carbons (Fsp3) is 0.300. The summed E-state index contributed by atoms with van der Waals surface area (Å²) in [5.41, 5.74) is 0.973. The number of nitrogens with one attached hydrogen (secondary N) is 1. The summed E-state index contributed by atoms with van der Waals surface area (Å²) in [5.74, 6) is -0.420. The van der Waals surface area contributed by atoms with E-state index in [1.165, 1.54) is 24.3 Å². The fourth-order valence-electron chi connectivity index (χ4n) is 2.33. The van der Waals surface area contributed by atoms with Crippen molar-refractivity contribution in [1.82, 2.24) is 0 Å². The van der Waals surface area contributed by atoms with Gasteiger partial charge in [0.15, 0.2) is 18.1 Å². The van der Waals surface area contributed by atoms with Crippen LogP contribution in [0.4, 0.5) is 10.1 Å². The van der Waals surface area contributed by atoms with Crippen molar-refractivity contribution in [3.8, 4) is 11.5 Å². The van der Waals surface area contributed by atoms with E-state index in [1.807, 2.05) is 13.8 Å². The van der Waals surface area contributed by atoms with E-state index in [-0.39, 0.29) is 6.42 Å². The smallest absolute Gasteiger partial charge is 0.310 e.